The number of carboxylic acid groups (broad SMARTS) is 1. The summed E-state index contributed by atoms with van der Waals surface area (Å²) in [6, 6.07) is 0.147. The number of benzene rings is 1. The first-order chi connectivity index (χ1) is 9.82. The van der Waals surface area contributed by atoms with E-state index in [2.05, 4.69) is 0 Å². The molecule has 0 amide bonds. The zero-order valence-electron chi connectivity index (χ0n) is 11.6. The Morgan fingerprint density at radius 2 is 1.50 bits per heavy atom. The van der Waals surface area contributed by atoms with E-state index in [9.17, 15) is 31.1 Å². The van der Waals surface area contributed by atoms with E-state index in [1.54, 1.807) is 0 Å². The van der Waals surface area contributed by atoms with Gasteiger partial charge in [-0.2, -0.15) is 26.3 Å². The van der Waals surface area contributed by atoms with Crippen LogP contribution in [0, 0.1) is 0 Å². The molecule has 22 heavy (non-hydrogen) atoms. The highest BCUT2D eigenvalue weighted by atomic mass is 19.4. The minimum atomic E-state index is -4.92. The van der Waals surface area contributed by atoms with Crippen LogP contribution in [0.2, 0.25) is 0 Å². The molecule has 1 N–H and O–H groups in total. The number of carbonyl (C=O) groups is 1. The Bertz CT molecular complexity index is 520. The van der Waals surface area contributed by atoms with Gasteiger partial charge in [-0.05, 0) is 37.7 Å². The number of halogens is 6. The molecule has 0 saturated heterocycles. The highest BCUT2D eigenvalue weighted by Gasteiger charge is 2.37. The summed E-state index contributed by atoms with van der Waals surface area (Å²) < 4.78 is 76.1. The molecule has 0 bridgehead atoms. The summed E-state index contributed by atoms with van der Waals surface area (Å²) in [6.45, 7) is 0.918. The third-order valence-electron chi connectivity index (χ3n) is 3.10. The van der Waals surface area contributed by atoms with Gasteiger partial charge in [-0.15, -0.1) is 0 Å². The van der Waals surface area contributed by atoms with Crippen LogP contribution >= 0.6 is 0 Å². The Labute approximate surface area is 122 Å². The maximum Gasteiger partial charge on any atom is 0.416 e. The molecule has 0 spiro atoms. The molecule has 0 aliphatic heterocycles. The Morgan fingerprint density at radius 1 is 1.09 bits per heavy atom. The van der Waals surface area contributed by atoms with Gasteiger partial charge < -0.3 is 5.11 Å². The van der Waals surface area contributed by atoms with Crippen LogP contribution in [0.3, 0.4) is 0 Å². The average Bonchev–Trinajstić information content (AvgIpc) is 2.35. The normalized spacial score (nSPS) is 14.2. The molecular weight excluding hydrogens is 316 g/mol. The van der Waals surface area contributed by atoms with Crippen LogP contribution in [0.5, 0.6) is 0 Å². The summed E-state index contributed by atoms with van der Waals surface area (Å²) >= 11 is 0. The fraction of sp³-hybridized carbons (Fsp3) is 0.462. The summed E-state index contributed by atoms with van der Waals surface area (Å²) in [5.41, 5.74) is -3.11. The highest BCUT2D eigenvalue weighted by Crippen LogP contribution is 2.36. The van der Waals surface area contributed by atoms with Crippen LogP contribution in [-0.2, 0) is 23.7 Å². The third-order valence-corrected chi connectivity index (χ3v) is 3.10. The third kappa shape index (κ3) is 4.62. The van der Waals surface area contributed by atoms with Crippen molar-refractivity contribution in [2.24, 2.45) is 0 Å². The Balaban J connectivity index is 3.22. The Morgan fingerprint density at radius 3 is 1.82 bits per heavy atom. The summed E-state index contributed by atoms with van der Waals surface area (Å²) in [4.78, 5) is 11.9. The number of alkyl halides is 6. The lowest BCUT2D eigenvalue weighted by molar-refractivity contribution is -0.144. The van der Waals surface area contributed by atoms with Crippen molar-refractivity contribution in [1.82, 2.24) is 4.90 Å². The van der Waals surface area contributed by atoms with E-state index >= 15 is 0 Å². The first kappa shape index (κ1) is 18.3. The minimum absolute atomic E-state index is 0.0319. The van der Waals surface area contributed by atoms with Crippen LogP contribution in [0.4, 0.5) is 26.3 Å². The van der Waals surface area contributed by atoms with Gasteiger partial charge in [0.1, 0.15) is 6.04 Å². The van der Waals surface area contributed by atoms with Crippen molar-refractivity contribution in [3.63, 3.8) is 0 Å². The molecule has 0 aliphatic carbocycles. The van der Waals surface area contributed by atoms with E-state index in [0.717, 1.165) is 4.90 Å². The van der Waals surface area contributed by atoms with Crippen molar-refractivity contribution < 1.29 is 36.2 Å². The number of hydrogen-bond donors (Lipinski definition) is 1. The molecule has 0 radical (unpaired) electrons. The van der Waals surface area contributed by atoms with Gasteiger partial charge in [-0.25, -0.2) is 0 Å². The summed E-state index contributed by atoms with van der Waals surface area (Å²) in [5, 5.41) is 8.80. The van der Waals surface area contributed by atoms with E-state index in [4.69, 9.17) is 5.11 Å². The zero-order chi connectivity index (χ0) is 17.3. The van der Waals surface area contributed by atoms with Gasteiger partial charge in [-0.3, -0.25) is 9.69 Å². The predicted octanol–water partition coefficient (Wildman–Crippen LogP) is 3.63. The largest absolute Gasteiger partial charge is 0.480 e. The van der Waals surface area contributed by atoms with Gasteiger partial charge in [0.25, 0.3) is 0 Å². The molecule has 0 aromatic heterocycles. The predicted molar refractivity (Wildman–Crippen MR) is 65.0 cm³/mol. The van der Waals surface area contributed by atoms with Crippen molar-refractivity contribution in [2.45, 2.75) is 31.9 Å². The number of likely N-dealkylation sites (N-methyl/N-ethyl adjacent to an activating group) is 1. The van der Waals surface area contributed by atoms with E-state index in [1.807, 2.05) is 0 Å². The standard InChI is InChI=1S/C13H13F6NO2/c1-7(11(21)22)20(2)6-8-3-9(12(14,15)16)5-10(4-8)13(17,18)19/h3-5,7H,6H2,1-2H3,(H,21,22). The van der Waals surface area contributed by atoms with Crippen LogP contribution < -0.4 is 0 Å². The summed E-state index contributed by atoms with van der Waals surface area (Å²) in [5.74, 6) is -1.23. The van der Waals surface area contributed by atoms with Crippen molar-refractivity contribution in [2.75, 3.05) is 7.05 Å². The molecule has 1 atom stereocenters. The lowest BCUT2D eigenvalue weighted by atomic mass is 10.0. The van der Waals surface area contributed by atoms with Crippen LogP contribution in [0.25, 0.3) is 0 Å². The lowest BCUT2D eigenvalue weighted by Gasteiger charge is -2.22. The maximum absolute atomic E-state index is 12.7. The number of nitrogens with zero attached hydrogens (tertiary/aromatic N) is 1. The Hall–Kier alpha value is -1.77. The van der Waals surface area contributed by atoms with Crippen molar-refractivity contribution in [3.05, 3.63) is 34.9 Å². The minimum Gasteiger partial charge on any atom is -0.480 e. The van der Waals surface area contributed by atoms with Crippen LogP contribution in [0.15, 0.2) is 18.2 Å². The second kappa shape index (κ2) is 6.15. The maximum atomic E-state index is 12.7. The molecule has 124 valence electrons. The van der Waals surface area contributed by atoms with Crippen LogP contribution in [-0.4, -0.2) is 29.1 Å². The monoisotopic (exact) mass is 329 g/mol. The fourth-order valence-electron chi connectivity index (χ4n) is 1.72. The number of hydrogen-bond acceptors (Lipinski definition) is 2. The average molecular weight is 329 g/mol. The smallest absolute Gasteiger partial charge is 0.416 e. The van der Waals surface area contributed by atoms with Gasteiger partial charge in [0.05, 0.1) is 11.1 Å². The molecule has 1 rings (SSSR count). The number of aliphatic carboxylic acids is 1. The molecule has 1 aromatic rings. The van der Waals surface area contributed by atoms with E-state index < -0.39 is 35.5 Å². The molecule has 1 aromatic carbocycles. The molecule has 0 heterocycles. The van der Waals surface area contributed by atoms with E-state index in [0.29, 0.717) is 12.1 Å². The SMILES string of the molecule is CC(C(=O)O)N(C)Cc1cc(C(F)(F)F)cc(C(F)(F)F)c1. The lowest BCUT2D eigenvalue weighted by Crippen LogP contribution is -2.35. The zero-order valence-corrected chi connectivity index (χ0v) is 11.6. The topological polar surface area (TPSA) is 40.5 Å². The highest BCUT2D eigenvalue weighted by molar-refractivity contribution is 5.72. The van der Waals surface area contributed by atoms with Gasteiger partial charge in [-0.1, -0.05) is 0 Å². The van der Waals surface area contributed by atoms with Crippen molar-refractivity contribution in [3.8, 4) is 0 Å². The van der Waals surface area contributed by atoms with Gasteiger partial charge >= 0.3 is 18.3 Å². The second-order valence-electron chi connectivity index (χ2n) is 4.84. The van der Waals surface area contributed by atoms with Crippen LogP contribution in [0.1, 0.15) is 23.6 Å². The summed E-state index contributed by atoms with van der Waals surface area (Å²) in [6.07, 6.45) is -9.85. The van der Waals surface area contributed by atoms with Gasteiger partial charge in [0.2, 0.25) is 0 Å². The van der Waals surface area contributed by atoms with Gasteiger partial charge in [0.15, 0.2) is 0 Å². The molecular formula is C13H13F6NO2. The first-order valence-electron chi connectivity index (χ1n) is 6.03. The Kier molecular flexibility index (Phi) is 5.11. The molecule has 0 saturated carbocycles. The molecule has 9 heteroatoms. The van der Waals surface area contributed by atoms with E-state index in [1.165, 1.54) is 14.0 Å². The summed E-state index contributed by atoms with van der Waals surface area (Å²) in [7, 11) is 1.30. The number of carboxylic acids is 1. The molecule has 0 aliphatic rings. The number of rotatable bonds is 4. The second-order valence-corrected chi connectivity index (χ2v) is 4.84. The molecule has 1 unspecified atom stereocenters. The van der Waals surface area contributed by atoms with E-state index in [-0.39, 0.29) is 18.2 Å². The molecule has 0 fully saturated rings. The molecule has 3 nitrogen and oxygen atoms in total. The van der Waals surface area contributed by atoms with Crippen molar-refractivity contribution in [1.29, 1.82) is 0 Å². The quantitative estimate of drug-likeness (QED) is 0.858. The van der Waals surface area contributed by atoms with Gasteiger partial charge in [0, 0.05) is 6.54 Å². The first-order valence-corrected chi connectivity index (χ1v) is 6.03. The van der Waals surface area contributed by atoms with Crippen molar-refractivity contribution >= 4 is 5.97 Å². The fourth-order valence-corrected chi connectivity index (χ4v) is 1.72.